The fourth-order valence-electron chi connectivity index (χ4n) is 2.61. The quantitative estimate of drug-likeness (QED) is 0.657. The average molecular weight is 344 g/mol. The van der Waals surface area contributed by atoms with Crippen LogP contribution >= 0.6 is 0 Å². The Bertz CT molecular complexity index is 993. The third-order valence-electron chi connectivity index (χ3n) is 3.92. The minimum atomic E-state index is -1.11. The van der Waals surface area contributed by atoms with Gasteiger partial charge in [-0.3, -0.25) is 14.6 Å². The van der Waals surface area contributed by atoms with Gasteiger partial charge in [-0.25, -0.2) is 4.39 Å². The van der Waals surface area contributed by atoms with Crippen molar-refractivity contribution in [2.75, 3.05) is 0 Å². The van der Waals surface area contributed by atoms with Gasteiger partial charge in [0.25, 0.3) is 0 Å². The summed E-state index contributed by atoms with van der Waals surface area (Å²) < 4.78 is 13.1. The average Bonchev–Trinajstić information content (AvgIpc) is 2.69. The molecule has 0 spiro atoms. The SMILES string of the molecule is N#CC(C(=O)c1ccccc1C(=O)c1ccc(F)cc1)c1ccccn1. The van der Waals surface area contributed by atoms with Crippen LogP contribution in [0.4, 0.5) is 4.39 Å². The number of carbonyl (C=O) groups is 2. The lowest BCUT2D eigenvalue weighted by atomic mass is 9.89. The van der Waals surface area contributed by atoms with Crippen LogP contribution in [0.3, 0.4) is 0 Å². The van der Waals surface area contributed by atoms with Gasteiger partial charge in [0.2, 0.25) is 0 Å². The molecule has 0 N–H and O–H groups in total. The topological polar surface area (TPSA) is 70.8 Å². The Morgan fingerprint density at radius 2 is 1.58 bits per heavy atom. The van der Waals surface area contributed by atoms with Gasteiger partial charge in [-0.05, 0) is 36.4 Å². The predicted octanol–water partition coefficient (Wildman–Crippen LogP) is 3.94. The maximum Gasteiger partial charge on any atom is 0.193 e. The van der Waals surface area contributed by atoms with Gasteiger partial charge >= 0.3 is 0 Å². The molecule has 0 aliphatic rings. The smallest absolute Gasteiger partial charge is 0.193 e. The second-order valence-electron chi connectivity index (χ2n) is 5.56. The lowest BCUT2D eigenvalue weighted by molar-refractivity contribution is 0.0963. The molecule has 2 aromatic carbocycles. The number of Topliss-reactive ketones (excluding diaryl/α,β-unsaturated/α-hetero) is 1. The minimum Gasteiger partial charge on any atom is -0.292 e. The summed E-state index contributed by atoms with van der Waals surface area (Å²) in [5.41, 5.74) is 0.890. The molecule has 1 unspecified atom stereocenters. The molecule has 0 fully saturated rings. The van der Waals surface area contributed by atoms with E-state index in [1.165, 1.54) is 42.6 Å². The molecule has 0 saturated heterocycles. The van der Waals surface area contributed by atoms with Crippen LogP contribution < -0.4 is 0 Å². The number of aromatic nitrogens is 1. The van der Waals surface area contributed by atoms with E-state index in [1.54, 1.807) is 30.3 Å². The molecule has 126 valence electrons. The van der Waals surface area contributed by atoms with Crippen LogP contribution in [-0.2, 0) is 0 Å². The van der Waals surface area contributed by atoms with E-state index >= 15 is 0 Å². The summed E-state index contributed by atoms with van der Waals surface area (Å²) in [5, 5.41) is 9.45. The molecular formula is C21H13FN2O2. The van der Waals surface area contributed by atoms with Gasteiger partial charge in [0.15, 0.2) is 17.5 Å². The van der Waals surface area contributed by atoms with E-state index in [4.69, 9.17) is 0 Å². The van der Waals surface area contributed by atoms with Gasteiger partial charge in [0.1, 0.15) is 5.82 Å². The molecule has 3 rings (SSSR count). The number of hydrogen-bond acceptors (Lipinski definition) is 4. The summed E-state index contributed by atoms with van der Waals surface area (Å²) in [6.07, 6.45) is 1.50. The molecule has 1 heterocycles. The van der Waals surface area contributed by atoms with Crippen molar-refractivity contribution in [3.63, 3.8) is 0 Å². The summed E-state index contributed by atoms with van der Waals surface area (Å²) in [5.74, 6) is -2.48. The number of benzene rings is 2. The molecule has 0 saturated carbocycles. The Morgan fingerprint density at radius 1 is 0.923 bits per heavy atom. The van der Waals surface area contributed by atoms with Gasteiger partial charge in [-0.2, -0.15) is 5.26 Å². The molecule has 0 amide bonds. The first kappa shape index (κ1) is 17.2. The Morgan fingerprint density at radius 3 is 2.19 bits per heavy atom. The van der Waals surface area contributed by atoms with Crippen LogP contribution in [0.5, 0.6) is 0 Å². The monoisotopic (exact) mass is 344 g/mol. The molecule has 3 aromatic rings. The van der Waals surface area contributed by atoms with Crippen molar-refractivity contribution in [1.82, 2.24) is 4.98 Å². The largest absolute Gasteiger partial charge is 0.292 e. The lowest BCUT2D eigenvalue weighted by Gasteiger charge is -2.11. The van der Waals surface area contributed by atoms with E-state index < -0.39 is 23.3 Å². The third-order valence-corrected chi connectivity index (χ3v) is 3.92. The number of rotatable bonds is 5. The fraction of sp³-hybridized carbons (Fsp3) is 0.0476. The van der Waals surface area contributed by atoms with Crippen molar-refractivity contribution >= 4 is 11.6 Å². The molecule has 0 radical (unpaired) electrons. The Kier molecular flexibility index (Phi) is 4.95. The van der Waals surface area contributed by atoms with Gasteiger partial charge < -0.3 is 0 Å². The summed E-state index contributed by atoms with van der Waals surface area (Å²) in [4.78, 5) is 29.7. The Balaban J connectivity index is 2.01. The zero-order chi connectivity index (χ0) is 18.5. The van der Waals surface area contributed by atoms with Gasteiger partial charge in [-0.1, -0.05) is 30.3 Å². The molecule has 26 heavy (non-hydrogen) atoms. The summed E-state index contributed by atoms with van der Waals surface area (Å²) >= 11 is 0. The van der Waals surface area contributed by atoms with Crippen LogP contribution in [0.25, 0.3) is 0 Å². The summed E-state index contributed by atoms with van der Waals surface area (Å²) in [6, 6.07) is 18.3. The van der Waals surface area contributed by atoms with E-state index in [2.05, 4.69) is 4.98 Å². The number of nitriles is 1. The first-order valence-electron chi connectivity index (χ1n) is 7.86. The Hall–Kier alpha value is -3.65. The van der Waals surface area contributed by atoms with Crippen molar-refractivity contribution in [2.24, 2.45) is 0 Å². The zero-order valence-electron chi connectivity index (χ0n) is 13.6. The van der Waals surface area contributed by atoms with Crippen molar-refractivity contribution in [1.29, 1.82) is 5.26 Å². The van der Waals surface area contributed by atoms with E-state index in [0.717, 1.165) is 0 Å². The van der Waals surface area contributed by atoms with Crippen molar-refractivity contribution in [3.05, 3.63) is 101 Å². The van der Waals surface area contributed by atoms with E-state index in [-0.39, 0.29) is 16.7 Å². The van der Waals surface area contributed by atoms with Crippen molar-refractivity contribution in [3.8, 4) is 6.07 Å². The molecule has 0 bridgehead atoms. The number of carbonyl (C=O) groups excluding carboxylic acids is 2. The first-order chi connectivity index (χ1) is 12.6. The highest BCUT2D eigenvalue weighted by Gasteiger charge is 2.27. The van der Waals surface area contributed by atoms with Crippen LogP contribution in [0.2, 0.25) is 0 Å². The normalized spacial score (nSPS) is 11.4. The van der Waals surface area contributed by atoms with Crippen molar-refractivity contribution in [2.45, 2.75) is 5.92 Å². The van der Waals surface area contributed by atoms with Crippen LogP contribution in [0, 0.1) is 17.1 Å². The van der Waals surface area contributed by atoms with Crippen molar-refractivity contribution < 1.29 is 14.0 Å². The first-order valence-corrected chi connectivity index (χ1v) is 7.86. The molecule has 0 aliphatic carbocycles. The Labute approximate surface area is 149 Å². The fourth-order valence-corrected chi connectivity index (χ4v) is 2.61. The zero-order valence-corrected chi connectivity index (χ0v) is 13.6. The number of pyridine rings is 1. The second-order valence-corrected chi connectivity index (χ2v) is 5.56. The van der Waals surface area contributed by atoms with Crippen LogP contribution in [0.1, 0.15) is 37.9 Å². The van der Waals surface area contributed by atoms with Gasteiger partial charge in [-0.15, -0.1) is 0 Å². The molecule has 0 aliphatic heterocycles. The van der Waals surface area contributed by atoms with Gasteiger partial charge in [0, 0.05) is 22.9 Å². The second kappa shape index (κ2) is 7.49. The van der Waals surface area contributed by atoms with Crippen LogP contribution in [-0.4, -0.2) is 16.6 Å². The maximum absolute atomic E-state index is 13.1. The minimum absolute atomic E-state index is 0.138. The molecule has 1 atom stereocenters. The number of halogens is 1. The van der Waals surface area contributed by atoms with E-state index in [1.807, 2.05) is 6.07 Å². The standard InChI is InChI=1S/C21H13FN2O2/c22-15-10-8-14(9-11-15)20(25)16-5-1-2-6-17(16)21(26)18(13-23)19-7-3-4-12-24-19/h1-12,18H. The highest BCUT2D eigenvalue weighted by Crippen LogP contribution is 2.23. The summed E-state index contributed by atoms with van der Waals surface area (Å²) in [7, 11) is 0. The number of ketones is 2. The van der Waals surface area contributed by atoms with E-state index in [0.29, 0.717) is 5.69 Å². The predicted molar refractivity (Wildman–Crippen MR) is 93.2 cm³/mol. The highest BCUT2D eigenvalue weighted by atomic mass is 19.1. The molecule has 1 aromatic heterocycles. The highest BCUT2D eigenvalue weighted by molar-refractivity contribution is 6.17. The molecule has 4 nitrogen and oxygen atoms in total. The number of nitrogens with zero attached hydrogens (tertiary/aromatic N) is 2. The summed E-state index contributed by atoms with van der Waals surface area (Å²) in [6.45, 7) is 0. The maximum atomic E-state index is 13.1. The van der Waals surface area contributed by atoms with Gasteiger partial charge in [0.05, 0.1) is 11.8 Å². The van der Waals surface area contributed by atoms with E-state index in [9.17, 15) is 19.2 Å². The third kappa shape index (κ3) is 3.40. The number of hydrogen-bond donors (Lipinski definition) is 0. The lowest BCUT2D eigenvalue weighted by Crippen LogP contribution is -2.17. The molecule has 5 heteroatoms. The molecular weight excluding hydrogens is 331 g/mol. The van der Waals surface area contributed by atoms with Crippen LogP contribution in [0.15, 0.2) is 72.9 Å².